The van der Waals surface area contributed by atoms with Gasteiger partial charge in [-0.3, -0.25) is 14.6 Å². The van der Waals surface area contributed by atoms with Crippen molar-refractivity contribution in [3.8, 4) is 0 Å². The zero-order valence-electron chi connectivity index (χ0n) is 24.0. The van der Waals surface area contributed by atoms with Crippen LogP contribution in [0.5, 0.6) is 0 Å². The number of nitrogens with one attached hydrogen (secondary N) is 3. The Balaban J connectivity index is 1.43. The van der Waals surface area contributed by atoms with E-state index in [0.29, 0.717) is 51.3 Å². The molecule has 1 aromatic heterocycles. The summed E-state index contributed by atoms with van der Waals surface area (Å²) in [7, 11) is 0. The van der Waals surface area contributed by atoms with Gasteiger partial charge in [0, 0.05) is 69.2 Å². The largest absolute Gasteiger partial charge is 0.363 e. The van der Waals surface area contributed by atoms with E-state index in [1.54, 1.807) is 17.3 Å². The van der Waals surface area contributed by atoms with Gasteiger partial charge in [-0.15, -0.1) is 0 Å². The smallest absolute Gasteiger partial charge is 0.269 e. The zero-order chi connectivity index (χ0) is 29.0. The number of halogens is 2. The number of hydrogen-bond donors (Lipinski definition) is 3. The molecule has 3 atom stereocenters. The number of ether oxygens (including phenoxy) is 1. The van der Waals surface area contributed by atoms with Crippen LogP contribution in [0.4, 0.5) is 8.78 Å². The Labute approximate surface area is 240 Å². The number of dihydropyridines is 1. The summed E-state index contributed by atoms with van der Waals surface area (Å²) in [5.74, 6) is -0.364. The monoisotopic (exact) mass is 572 g/mol. The average Bonchev–Trinajstić information content (AvgIpc) is 3.48. The maximum absolute atomic E-state index is 13.9. The molecular weight excluding hydrogens is 530 g/mol. The predicted molar refractivity (Wildman–Crippen MR) is 151 cm³/mol. The number of alkyl halides is 2. The van der Waals surface area contributed by atoms with E-state index in [2.05, 4.69) is 32.8 Å². The van der Waals surface area contributed by atoms with Crippen LogP contribution in [0.1, 0.15) is 57.9 Å². The molecule has 0 bridgehead atoms. The lowest BCUT2D eigenvalue weighted by Gasteiger charge is -2.49. The first kappa shape index (κ1) is 29.4. The average molecular weight is 573 g/mol. The Morgan fingerprint density at radius 3 is 2.71 bits per heavy atom. The van der Waals surface area contributed by atoms with E-state index in [-0.39, 0.29) is 30.3 Å². The molecule has 1 aromatic rings. The van der Waals surface area contributed by atoms with Gasteiger partial charge < -0.3 is 30.5 Å². The summed E-state index contributed by atoms with van der Waals surface area (Å²) in [6.45, 7) is 7.26. The lowest BCUT2D eigenvalue weighted by Crippen LogP contribution is -2.59. The Kier molecular flexibility index (Phi) is 8.94. The zero-order valence-corrected chi connectivity index (χ0v) is 24.0. The Hall–Kier alpha value is -3.05. The van der Waals surface area contributed by atoms with Gasteiger partial charge >= 0.3 is 0 Å². The summed E-state index contributed by atoms with van der Waals surface area (Å²) in [6.07, 6.45) is 7.86. The summed E-state index contributed by atoms with van der Waals surface area (Å²) in [6, 6.07) is 3.69. The third-order valence-electron chi connectivity index (χ3n) is 8.99. The molecule has 1 saturated carbocycles. The van der Waals surface area contributed by atoms with Gasteiger partial charge in [-0.1, -0.05) is 19.4 Å². The molecule has 2 saturated heterocycles. The molecule has 3 fully saturated rings. The summed E-state index contributed by atoms with van der Waals surface area (Å²) in [5, 5.41) is 9.90. The number of amides is 2. The molecule has 0 spiro atoms. The fourth-order valence-corrected chi connectivity index (χ4v) is 6.61. The van der Waals surface area contributed by atoms with Crippen LogP contribution < -0.4 is 16.0 Å². The predicted octanol–water partition coefficient (Wildman–Crippen LogP) is 2.87. The van der Waals surface area contributed by atoms with Crippen LogP contribution in [-0.4, -0.2) is 84.4 Å². The summed E-state index contributed by atoms with van der Waals surface area (Å²) < 4.78 is 33.0. The minimum atomic E-state index is -2.49. The first-order valence-corrected chi connectivity index (χ1v) is 14.9. The van der Waals surface area contributed by atoms with Gasteiger partial charge in [0.15, 0.2) is 5.72 Å². The maximum atomic E-state index is 13.9. The van der Waals surface area contributed by atoms with E-state index >= 15 is 0 Å². The SMILES string of the molecule is CCOC1(c2cccnc2)C=CC(N2CCN(C(=O)C3(CC(F)F)CCC3)C[C@H]2CC)=C(C(=O)N[C@@H]2CCNC2)N1. The normalized spacial score (nSPS) is 27.5. The molecule has 3 aliphatic heterocycles. The molecular formula is C30H42F2N6O3. The summed E-state index contributed by atoms with van der Waals surface area (Å²) in [4.78, 5) is 35.6. The van der Waals surface area contributed by atoms with Crippen molar-refractivity contribution in [3.05, 3.63) is 53.6 Å². The molecule has 9 nitrogen and oxygen atoms in total. The highest BCUT2D eigenvalue weighted by atomic mass is 19.3. The molecule has 4 heterocycles. The van der Waals surface area contributed by atoms with Crippen molar-refractivity contribution in [1.29, 1.82) is 0 Å². The fraction of sp³-hybridized carbons (Fsp3) is 0.633. The summed E-state index contributed by atoms with van der Waals surface area (Å²) in [5.41, 5.74) is -0.0854. The first-order chi connectivity index (χ1) is 19.8. The van der Waals surface area contributed by atoms with E-state index in [1.807, 2.05) is 31.2 Å². The van der Waals surface area contributed by atoms with Crippen LogP contribution in [0, 0.1) is 5.41 Å². The van der Waals surface area contributed by atoms with E-state index in [4.69, 9.17) is 4.74 Å². The first-order valence-electron chi connectivity index (χ1n) is 14.9. The molecule has 0 aromatic carbocycles. The number of allylic oxidation sites excluding steroid dienone is 1. The molecule has 4 aliphatic rings. The van der Waals surface area contributed by atoms with Crippen LogP contribution in [0.2, 0.25) is 0 Å². The number of aromatic nitrogens is 1. The van der Waals surface area contributed by atoms with Gasteiger partial charge in [0.25, 0.3) is 5.91 Å². The van der Waals surface area contributed by atoms with E-state index in [0.717, 1.165) is 37.1 Å². The second-order valence-corrected chi connectivity index (χ2v) is 11.5. The van der Waals surface area contributed by atoms with Gasteiger partial charge in [-0.25, -0.2) is 8.78 Å². The van der Waals surface area contributed by atoms with Gasteiger partial charge in [-0.05, 0) is 57.4 Å². The van der Waals surface area contributed by atoms with Crippen molar-refractivity contribution in [2.45, 2.75) is 76.6 Å². The molecule has 1 unspecified atom stereocenters. The van der Waals surface area contributed by atoms with Gasteiger partial charge in [0.05, 0.1) is 11.1 Å². The molecule has 11 heteroatoms. The second-order valence-electron chi connectivity index (χ2n) is 11.5. The van der Waals surface area contributed by atoms with Crippen LogP contribution in [0.3, 0.4) is 0 Å². The minimum Gasteiger partial charge on any atom is -0.363 e. The third-order valence-corrected chi connectivity index (χ3v) is 8.99. The number of hydrogen-bond acceptors (Lipinski definition) is 7. The molecule has 0 radical (unpaired) electrons. The van der Waals surface area contributed by atoms with Gasteiger partial charge in [0.1, 0.15) is 5.70 Å². The third kappa shape index (κ3) is 5.97. The van der Waals surface area contributed by atoms with Crippen molar-refractivity contribution in [2.75, 3.05) is 39.3 Å². The van der Waals surface area contributed by atoms with Gasteiger partial charge in [0.2, 0.25) is 12.3 Å². The second kappa shape index (κ2) is 12.4. The lowest BCUT2D eigenvalue weighted by molar-refractivity contribution is -0.154. The standard InChI is InChI=1S/C30H42F2N6O3/c1-3-23-20-37(28(40)29(10-6-11-29)17-25(31)32)15-16-38(23)24-8-12-30(41-4-2,21-7-5-13-33-18-21)36-26(24)27(39)35-22-9-14-34-19-22/h5,7-8,12-13,18,22-23,25,34,36H,3-4,6,9-11,14-17,19-20H2,1-2H3,(H,35,39)/t22-,23-,30?/m1/s1. The number of pyridine rings is 1. The Bertz CT molecular complexity index is 1150. The quantitative estimate of drug-likeness (QED) is 0.397. The Morgan fingerprint density at radius 2 is 2.10 bits per heavy atom. The highest BCUT2D eigenvalue weighted by Gasteiger charge is 2.49. The fourth-order valence-electron chi connectivity index (χ4n) is 6.61. The van der Waals surface area contributed by atoms with Crippen molar-refractivity contribution in [2.24, 2.45) is 5.41 Å². The van der Waals surface area contributed by atoms with Crippen molar-refractivity contribution in [1.82, 2.24) is 30.7 Å². The summed E-state index contributed by atoms with van der Waals surface area (Å²) >= 11 is 0. The van der Waals surface area contributed by atoms with Crippen molar-refractivity contribution < 1.29 is 23.1 Å². The van der Waals surface area contributed by atoms with Crippen molar-refractivity contribution in [3.63, 3.8) is 0 Å². The molecule has 1 aliphatic carbocycles. The molecule has 2 amide bonds. The van der Waals surface area contributed by atoms with E-state index in [1.165, 1.54) is 0 Å². The number of piperazine rings is 1. The lowest BCUT2D eigenvalue weighted by atomic mass is 9.65. The maximum Gasteiger partial charge on any atom is 0.269 e. The number of carbonyl (C=O) groups is 2. The van der Waals surface area contributed by atoms with E-state index < -0.39 is 17.6 Å². The number of nitrogens with zero attached hydrogens (tertiary/aromatic N) is 3. The van der Waals surface area contributed by atoms with Crippen LogP contribution >= 0.6 is 0 Å². The van der Waals surface area contributed by atoms with Gasteiger partial charge in [-0.2, -0.15) is 0 Å². The van der Waals surface area contributed by atoms with Crippen LogP contribution in [-0.2, 0) is 20.1 Å². The molecule has 41 heavy (non-hydrogen) atoms. The van der Waals surface area contributed by atoms with Crippen LogP contribution in [0.15, 0.2) is 48.1 Å². The minimum absolute atomic E-state index is 0.0220. The molecule has 5 rings (SSSR count). The van der Waals surface area contributed by atoms with Crippen LogP contribution in [0.25, 0.3) is 0 Å². The Morgan fingerprint density at radius 1 is 1.27 bits per heavy atom. The molecule has 3 N–H and O–H groups in total. The number of rotatable bonds is 10. The number of carbonyl (C=O) groups excluding carboxylic acids is 2. The highest BCUT2D eigenvalue weighted by Crippen LogP contribution is 2.47. The van der Waals surface area contributed by atoms with E-state index in [9.17, 15) is 18.4 Å². The highest BCUT2D eigenvalue weighted by molar-refractivity contribution is 5.95. The molecule has 224 valence electrons. The van der Waals surface area contributed by atoms with Crippen molar-refractivity contribution >= 4 is 11.8 Å². The topological polar surface area (TPSA) is 98.8 Å².